The van der Waals surface area contributed by atoms with Gasteiger partial charge >= 0.3 is 0 Å². The van der Waals surface area contributed by atoms with Gasteiger partial charge in [0.2, 0.25) is 5.91 Å². The molecule has 1 rings (SSSR count). The maximum absolute atomic E-state index is 11.9. The molecule has 0 aromatic carbocycles. The zero-order chi connectivity index (χ0) is 13.6. The van der Waals surface area contributed by atoms with Crippen molar-refractivity contribution in [1.82, 2.24) is 15.5 Å². The van der Waals surface area contributed by atoms with Crippen LogP contribution in [-0.2, 0) is 9.53 Å². The topological polar surface area (TPSA) is 53.6 Å². The molecule has 106 valence electrons. The summed E-state index contributed by atoms with van der Waals surface area (Å²) < 4.78 is 5.73. The number of carbonyl (C=O) groups is 1. The lowest BCUT2D eigenvalue weighted by molar-refractivity contribution is -0.127. The molecule has 1 amide bonds. The van der Waals surface area contributed by atoms with Gasteiger partial charge in [0.05, 0.1) is 12.2 Å². The summed E-state index contributed by atoms with van der Waals surface area (Å²) in [4.78, 5) is 14.1. The van der Waals surface area contributed by atoms with Crippen LogP contribution in [0.1, 0.15) is 27.7 Å². The van der Waals surface area contributed by atoms with Gasteiger partial charge < -0.3 is 15.4 Å². The monoisotopic (exact) mass is 257 g/mol. The van der Waals surface area contributed by atoms with Crippen molar-refractivity contribution < 1.29 is 9.53 Å². The van der Waals surface area contributed by atoms with E-state index >= 15 is 0 Å². The predicted octanol–water partition coefficient (Wildman–Crippen LogP) is 0.211. The van der Waals surface area contributed by atoms with E-state index in [0.717, 1.165) is 26.2 Å². The van der Waals surface area contributed by atoms with E-state index in [9.17, 15) is 4.79 Å². The summed E-state index contributed by atoms with van der Waals surface area (Å²) in [6.07, 6.45) is 0. The van der Waals surface area contributed by atoms with Gasteiger partial charge in [-0.05, 0) is 27.7 Å². The molecule has 0 spiro atoms. The first kappa shape index (κ1) is 15.4. The molecule has 5 nitrogen and oxygen atoms in total. The molecule has 1 saturated heterocycles. The fraction of sp³-hybridized carbons (Fsp3) is 0.923. The Kier molecular flexibility index (Phi) is 6.05. The van der Waals surface area contributed by atoms with Crippen LogP contribution in [0.15, 0.2) is 0 Å². The number of hydrogen-bond acceptors (Lipinski definition) is 4. The fourth-order valence-electron chi connectivity index (χ4n) is 2.03. The second kappa shape index (κ2) is 7.07. The summed E-state index contributed by atoms with van der Waals surface area (Å²) in [5, 5.41) is 6.16. The quantitative estimate of drug-likeness (QED) is 0.739. The van der Waals surface area contributed by atoms with Crippen LogP contribution in [0.2, 0.25) is 0 Å². The molecule has 0 aliphatic carbocycles. The molecule has 0 aromatic heterocycles. The molecule has 0 radical (unpaired) electrons. The largest absolute Gasteiger partial charge is 0.375 e. The molecule has 0 saturated carbocycles. The van der Waals surface area contributed by atoms with Crippen molar-refractivity contribution >= 4 is 5.91 Å². The van der Waals surface area contributed by atoms with Gasteiger partial charge in [-0.2, -0.15) is 0 Å². The second-order valence-electron chi connectivity index (χ2n) is 5.61. The Balaban J connectivity index is 2.42. The molecule has 0 aromatic rings. The minimum absolute atomic E-state index is 0.0673. The SMILES string of the molecule is CCNC(=O)C1CNCCN1CCOC(C)(C)C. The Morgan fingerprint density at radius 2 is 2.22 bits per heavy atom. The lowest BCUT2D eigenvalue weighted by Crippen LogP contribution is -2.58. The Bertz CT molecular complexity index is 263. The van der Waals surface area contributed by atoms with Gasteiger partial charge in [-0.3, -0.25) is 9.69 Å². The predicted molar refractivity (Wildman–Crippen MR) is 72.6 cm³/mol. The number of rotatable bonds is 5. The van der Waals surface area contributed by atoms with Crippen LogP contribution in [0.25, 0.3) is 0 Å². The first-order valence-corrected chi connectivity index (χ1v) is 6.80. The summed E-state index contributed by atoms with van der Waals surface area (Å²) in [5.41, 5.74) is -0.116. The van der Waals surface area contributed by atoms with Crippen LogP contribution in [0.5, 0.6) is 0 Å². The second-order valence-corrected chi connectivity index (χ2v) is 5.61. The van der Waals surface area contributed by atoms with Crippen LogP contribution < -0.4 is 10.6 Å². The number of hydrogen-bond donors (Lipinski definition) is 2. The molecule has 1 unspecified atom stereocenters. The molecule has 18 heavy (non-hydrogen) atoms. The normalized spacial score (nSPS) is 21.9. The summed E-state index contributed by atoms with van der Waals surface area (Å²) in [7, 11) is 0. The van der Waals surface area contributed by atoms with E-state index in [-0.39, 0.29) is 17.6 Å². The minimum Gasteiger partial charge on any atom is -0.375 e. The van der Waals surface area contributed by atoms with Crippen LogP contribution in [0.3, 0.4) is 0 Å². The number of ether oxygens (including phenoxy) is 1. The van der Waals surface area contributed by atoms with E-state index in [1.807, 2.05) is 27.7 Å². The van der Waals surface area contributed by atoms with Crippen molar-refractivity contribution in [3.8, 4) is 0 Å². The molecule has 2 N–H and O–H groups in total. The lowest BCUT2D eigenvalue weighted by Gasteiger charge is -2.35. The van der Waals surface area contributed by atoms with E-state index in [1.54, 1.807) is 0 Å². The standard InChI is InChI=1S/C13H27N3O2/c1-5-15-12(17)11-10-14-6-7-16(11)8-9-18-13(2,3)4/h11,14H,5-10H2,1-4H3,(H,15,17). The third-order valence-corrected chi connectivity index (χ3v) is 2.92. The highest BCUT2D eigenvalue weighted by molar-refractivity contribution is 5.82. The van der Waals surface area contributed by atoms with Crippen molar-refractivity contribution in [2.75, 3.05) is 39.3 Å². The Hall–Kier alpha value is -0.650. The lowest BCUT2D eigenvalue weighted by atomic mass is 10.1. The highest BCUT2D eigenvalue weighted by Crippen LogP contribution is 2.08. The Morgan fingerprint density at radius 3 is 2.83 bits per heavy atom. The smallest absolute Gasteiger partial charge is 0.238 e. The Labute approximate surface area is 110 Å². The third-order valence-electron chi connectivity index (χ3n) is 2.92. The van der Waals surface area contributed by atoms with Gasteiger partial charge in [-0.15, -0.1) is 0 Å². The van der Waals surface area contributed by atoms with Gasteiger partial charge in [0, 0.05) is 32.7 Å². The summed E-state index contributed by atoms with van der Waals surface area (Å²) in [6.45, 7) is 12.8. The Morgan fingerprint density at radius 1 is 1.50 bits per heavy atom. The number of nitrogens with one attached hydrogen (secondary N) is 2. The molecule has 1 atom stereocenters. The zero-order valence-electron chi connectivity index (χ0n) is 12.1. The zero-order valence-corrected chi connectivity index (χ0v) is 12.1. The fourth-order valence-corrected chi connectivity index (χ4v) is 2.03. The van der Waals surface area contributed by atoms with Crippen molar-refractivity contribution in [3.05, 3.63) is 0 Å². The average Bonchev–Trinajstić information content (AvgIpc) is 2.28. The van der Waals surface area contributed by atoms with Gasteiger partial charge in [0.25, 0.3) is 0 Å². The highest BCUT2D eigenvalue weighted by atomic mass is 16.5. The van der Waals surface area contributed by atoms with Gasteiger partial charge in [0.15, 0.2) is 0 Å². The van der Waals surface area contributed by atoms with Crippen molar-refractivity contribution in [1.29, 1.82) is 0 Å². The van der Waals surface area contributed by atoms with Crippen LogP contribution in [0.4, 0.5) is 0 Å². The molecule has 1 fully saturated rings. The summed E-state index contributed by atoms with van der Waals surface area (Å²) in [6, 6.07) is -0.0673. The van der Waals surface area contributed by atoms with Gasteiger partial charge in [0.1, 0.15) is 6.04 Å². The molecular weight excluding hydrogens is 230 g/mol. The van der Waals surface area contributed by atoms with Gasteiger partial charge in [-0.25, -0.2) is 0 Å². The number of nitrogens with zero attached hydrogens (tertiary/aromatic N) is 1. The average molecular weight is 257 g/mol. The van der Waals surface area contributed by atoms with Crippen LogP contribution in [0, 0.1) is 0 Å². The molecular formula is C13H27N3O2. The molecule has 5 heteroatoms. The van der Waals surface area contributed by atoms with E-state index in [0.29, 0.717) is 13.2 Å². The van der Waals surface area contributed by atoms with Crippen molar-refractivity contribution in [2.24, 2.45) is 0 Å². The molecule has 1 aliphatic rings. The molecule has 1 heterocycles. The van der Waals surface area contributed by atoms with E-state index in [2.05, 4.69) is 15.5 Å². The summed E-state index contributed by atoms with van der Waals surface area (Å²) in [5.74, 6) is 0.112. The number of carbonyl (C=O) groups excluding carboxylic acids is 1. The molecule has 1 aliphatic heterocycles. The maximum atomic E-state index is 11.9. The van der Waals surface area contributed by atoms with E-state index in [4.69, 9.17) is 4.74 Å². The van der Waals surface area contributed by atoms with E-state index < -0.39 is 0 Å². The first-order chi connectivity index (χ1) is 8.44. The van der Waals surface area contributed by atoms with Crippen molar-refractivity contribution in [2.45, 2.75) is 39.3 Å². The number of amides is 1. The first-order valence-electron chi connectivity index (χ1n) is 6.80. The number of piperazine rings is 1. The number of likely N-dealkylation sites (N-methyl/N-ethyl adjacent to an activating group) is 1. The molecule has 0 bridgehead atoms. The minimum atomic E-state index is -0.116. The highest BCUT2D eigenvalue weighted by Gasteiger charge is 2.28. The summed E-state index contributed by atoms with van der Waals surface area (Å²) >= 11 is 0. The van der Waals surface area contributed by atoms with E-state index in [1.165, 1.54) is 0 Å². The third kappa shape index (κ3) is 5.33. The maximum Gasteiger partial charge on any atom is 0.238 e. The van der Waals surface area contributed by atoms with Crippen LogP contribution in [-0.4, -0.2) is 61.8 Å². The van der Waals surface area contributed by atoms with Gasteiger partial charge in [-0.1, -0.05) is 0 Å². The van der Waals surface area contributed by atoms with Crippen LogP contribution >= 0.6 is 0 Å². The van der Waals surface area contributed by atoms with Crippen molar-refractivity contribution in [3.63, 3.8) is 0 Å².